The molecule has 0 atom stereocenters. The first-order valence-corrected chi connectivity index (χ1v) is 6.21. The molecule has 0 aromatic rings. The smallest absolute Gasteiger partial charge is 0.212 e. The van der Waals surface area contributed by atoms with Gasteiger partial charge in [0.15, 0.2) is 0 Å². The molecule has 1 saturated carbocycles. The topological polar surface area (TPSA) is 34.1 Å². The van der Waals surface area contributed by atoms with Gasteiger partial charge in [0.2, 0.25) is 9.05 Å². The highest BCUT2D eigenvalue weighted by atomic mass is 35.7. The number of rotatable bonds is 3. The van der Waals surface area contributed by atoms with E-state index in [9.17, 15) is 8.42 Å². The first-order valence-electron chi connectivity index (χ1n) is 3.74. The summed E-state index contributed by atoms with van der Waals surface area (Å²) < 4.78 is 21.5. The molecule has 0 amide bonds. The van der Waals surface area contributed by atoms with Crippen molar-refractivity contribution in [2.24, 2.45) is 11.3 Å². The second-order valence-corrected chi connectivity index (χ2v) is 6.72. The summed E-state index contributed by atoms with van der Waals surface area (Å²) in [6, 6.07) is 0. The summed E-state index contributed by atoms with van der Waals surface area (Å²) in [6.45, 7) is 3.93. The molecule has 1 fully saturated rings. The second-order valence-electron chi connectivity index (χ2n) is 3.95. The Hall–Kier alpha value is 0.240. The molecule has 0 spiro atoms. The Labute approximate surface area is 72.4 Å². The Balaban J connectivity index is 2.59. The van der Waals surface area contributed by atoms with Crippen LogP contribution in [0.1, 0.15) is 26.7 Å². The van der Waals surface area contributed by atoms with E-state index in [0.717, 1.165) is 12.8 Å². The molecule has 1 rings (SSSR count). The summed E-state index contributed by atoms with van der Waals surface area (Å²) in [5.74, 6) is 0.669. The van der Waals surface area contributed by atoms with Crippen LogP contribution < -0.4 is 0 Å². The van der Waals surface area contributed by atoms with Gasteiger partial charge in [-0.3, -0.25) is 0 Å². The summed E-state index contributed by atoms with van der Waals surface area (Å²) in [6.07, 6.45) is 2.30. The van der Waals surface area contributed by atoms with E-state index in [0.29, 0.717) is 5.92 Å². The first-order chi connectivity index (χ1) is 4.81. The average molecular weight is 197 g/mol. The fourth-order valence-electron chi connectivity index (χ4n) is 1.43. The van der Waals surface area contributed by atoms with Crippen molar-refractivity contribution in [2.75, 3.05) is 5.75 Å². The Morgan fingerprint density at radius 1 is 1.45 bits per heavy atom. The second kappa shape index (κ2) is 2.63. The van der Waals surface area contributed by atoms with Crippen LogP contribution in [0.4, 0.5) is 0 Å². The van der Waals surface area contributed by atoms with Gasteiger partial charge in [-0.1, -0.05) is 13.8 Å². The molecule has 0 aromatic carbocycles. The maximum Gasteiger partial charge on any atom is 0.233 e. The number of hydrogen-bond acceptors (Lipinski definition) is 2. The van der Waals surface area contributed by atoms with Crippen LogP contribution in [0.15, 0.2) is 0 Å². The van der Waals surface area contributed by atoms with Crippen molar-refractivity contribution in [3.8, 4) is 0 Å². The van der Waals surface area contributed by atoms with Gasteiger partial charge in [0, 0.05) is 10.7 Å². The van der Waals surface area contributed by atoms with Crippen molar-refractivity contribution in [1.29, 1.82) is 0 Å². The Morgan fingerprint density at radius 2 is 1.91 bits per heavy atom. The zero-order valence-electron chi connectivity index (χ0n) is 6.80. The molecule has 0 radical (unpaired) electrons. The largest absolute Gasteiger partial charge is 0.233 e. The summed E-state index contributed by atoms with van der Waals surface area (Å²) >= 11 is 0. The summed E-state index contributed by atoms with van der Waals surface area (Å²) in [5.41, 5.74) is -0.124. The zero-order chi connectivity index (χ0) is 8.70. The molecule has 11 heavy (non-hydrogen) atoms. The number of hydrogen-bond donors (Lipinski definition) is 0. The normalized spacial score (nSPS) is 20.3. The predicted molar refractivity (Wildman–Crippen MR) is 46.1 cm³/mol. The zero-order valence-corrected chi connectivity index (χ0v) is 8.37. The Kier molecular flexibility index (Phi) is 2.23. The van der Waals surface area contributed by atoms with E-state index < -0.39 is 9.05 Å². The fourth-order valence-corrected chi connectivity index (χ4v) is 3.40. The molecular formula is C7H13ClO2S. The summed E-state index contributed by atoms with van der Waals surface area (Å²) in [5, 5.41) is 0. The van der Waals surface area contributed by atoms with Gasteiger partial charge in [0.25, 0.3) is 0 Å². The molecule has 1 aliphatic rings. The SMILES string of the molecule is CC(C)(CS(=O)(=O)Cl)C1CC1. The predicted octanol–water partition coefficient (Wildman–Crippen LogP) is 1.99. The molecule has 66 valence electrons. The van der Waals surface area contributed by atoms with Gasteiger partial charge in [0.1, 0.15) is 0 Å². The molecule has 0 unspecified atom stereocenters. The lowest BCUT2D eigenvalue weighted by Crippen LogP contribution is -2.23. The standard InChI is InChI=1S/C7H13ClO2S/c1-7(2,6-3-4-6)5-11(8,9)10/h6H,3-5H2,1-2H3. The molecule has 4 heteroatoms. The van der Waals surface area contributed by atoms with Crippen molar-refractivity contribution in [1.82, 2.24) is 0 Å². The molecule has 0 saturated heterocycles. The third kappa shape index (κ3) is 2.99. The van der Waals surface area contributed by atoms with Crippen LogP contribution in [0.3, 0.4) is 0 Å². The third-order valence-corrected chi connectivity index (χ3v) is 3.64. The minimum absolute atomic E-state index is 0.103. The van der Waals surface area contributed by atoms with Crippen LogP contribution in [-0.2, 0) is 9.05 Å². The van der Waals surface area contributed by atoms with E-state index in [1.54, 1.807) is 0 Å². The summed E-state index contributed by atoms with van der Waals surface area (Å²) in [7, 11) is 1.85. The lowest BCUT2D eigenvalue weighted by Gasteiger charge is -2.21. The monoisotopic (exact) mass is 196 g/mol. The van der Waals surface area contributed by atoms with E-state index in [1.807, 2.05) is 13.8 Å². The van der Waals surface area contributed by atoms with Crippen LogP contribution >= 0.6 is 10.7 Å². The van der Waals surface area contributed by atoms with Gasteiger partial charge in [-0.05, 0) is 24.2 Å². The lowest BCUT2D eigenvalue weighted by molar-refractivity contribution is 0.354. The minimum atomic E-state index is -3.31. The molecule has 0 N–H and O–H groups in total. The van der Waals surface area contributed by atoms with E-state index >= 15 is 0 Å². The van der Waals surface area contributed by atoms with Gasteiger partial charge in [-0.25, -0.2) is 8.42 Å². The fraction of sp³-hybridized carbons (Fsp3) is 1.00. The molecule has 2 nitrogen and oxygen atoms in total. The van der Waals surface area contributed by atoms with Crippen LogP contribution in [-0.4, -0.2) is 14.2 Å². The van der Waals surface area contributed by atoms with Crippen molar-refractivity contribution in [2.45, 2.75) is 26.7 Å². The highest BCUT2D eigenvalue weighted by Gasteiger charge is 2.40. The first kappa shape index (κ1) is 9.33. The van der Waals surface area contributed by atoms with Crippen molar-refractivity contribution >= 4 is 19.7 Å². The van der Waals surface area contributed by atoms with Gasteiger partial charge < -0.3 is 0 Å². The van der Waals surface area contributed by atoms with Crippen LogP contribution in [0.2, 0.25) is 0 Å². The molecule has 0 heterocycles. The maximum absolute atomic E-state index is 10.7. The third-order valence-electron chi connectivity index (χ3n) is 2.23. The van der Waals surface area contributed by atoms with E-state index in [-0.39, 0.29) is 11.2 Å². The Bertz CT molecular complexity index is 239. The molecule has 0 bridgehead atoms. The van der Waals surface area contributed by atoms with Crippen molar-refractivity contribution < 1.29 is 8.42 Å². The Morgan fingerprint density at radius 3 is 2.18 bits per heavy atom. The van der Waals surface area contributed by atoms with Crippen LogP contribution in [0, 0.1) is 11.3 Å². The van der Waals surface area contributed by atoms with Crippen molar-refractivity contribution in [3.63, 3.8) is 0 Å². The van der Waals surface area contributed by atoms with Gasteiger partial charge in [-0.2, -0.15) is 0 Å². The molecular weight excluding hydrogens is 184 g/mol. The highest BCUT2D eigenvalue weighted by Crippen LogP contribution is 2.46. The van der Waals surface area contributed by atoms with E-state index in [1.165, 1.54) is 0 Å². The number of halogens is 1. The molecule has 0 aliphatic heterocycles. The highest BCUT2D eigenvalue weighted by molar-refractivity contribution is 8.13. The maximum atomic E-state index is 10.7. The van der Waals surface area contributed by atoms with Gasteiger partial charge in [-0.15, -0.1) is 0 Å². The average Bonchev–Trinajstić information content (AvgIpc) is 2.30. The van der Waals surface area contributed by atoms with Crippen LogP contribution in [0.25, 0.3) is 0 Å². The summed E-state index contributed by atoms with van der Waals surface area (Å²) in [4.78, 5) is 0. The quantitative estimate of drug-likeness (QED) is 0.647. The van der Waals surface area contributed by atoms with Crippen LogP contribution in [0.5, 0.6) is 0 Å². The van der Waals surface area contributed by atoms with Gasteiger partial charge in [0.05, 0.1) is 5.75 Å². The van der Waals surface area contributed by atoms with Crippen molar-refractivity contribution in [3.05, 3.63) is 0 Å². The van der Waals surface area contributed by atoms with E-state index in [2.05, 4.69) is 0 Å². The molecule has 0 aromatic heterocycles. The van der Waals surface area contributed by atoms with Gasteiger partial charge >= 0.3 is 0 Å². The lowest BCUT2D eigenvalue weighted by atomic mass is 9.90. The minimum Gasteiger partial charge on any atom is -0.212 e. The molecule has 1 aliphatic carbocycles. The van der Waals surface area contributed by atoms with E-state index in [4.69, 9.17) is 10.7 Å².